The van der Waals surface area contributed by atoms with Gasteiger partial charge in [-0.3, -0.25) is 9.48 Å². The fraction of sp³-hybridized carbons (Fsp3) is 0.167. The molecule has 8 heterocycles. The number of aromatic nitrogens is 18. The molecule has 0 saturated heterocycles. The van der Waals surface area contributed by atoms with Crippen molar-refractivity contribution in [3.63, 3.8) is 0 Å². The van der Waals surface area contributed by atoms with Gasteiger partial charge in [0.25, 0.3) is 5.91 Å². The smallest absolute Gasteiger partial charge is 0.417 e. The van der Waals surface area contributed by atoms with E-state index in [1.54, 1.807) is 104 Å². The molecule has 1 unspecified atom stereocenters. The summed E-state index contributed by atoms with van der Waals surface area (Å²) in [5, 5.41) is 63.5. The van der Waals surface area contributed by atoms with Crippen LogP contribution in [0.5, 0.6) is 17.2 Å². The minimum atomic E-state index is -4.48. The maximum atomic E-state index is 13.1. The molecule has 0 radical (unpaired) electrons. The molecule has 19 rings (SSSR count). The second-order valence-electron chi connectivity index (χ2n) is 28.2. The van der Waals surface area contributed by atoms with Gasteiger partial charge in [-0.05, 0) is 182 Å². The second kappa shape index (κ2) is 41.0. The number of benzene rings is 9. The van der Waals surface area contributed by atoms with E-state index in [9.17, 15) is 23.1 Å². The van der Waals surface area contributed by atoms with E-state index < -0.39 is 17.8 Å². The van der Waals surface area contributed by atoms with Gasteiger partial charge in [0, 0.05) is 59.6 Å². The number of hydrogen-bond acceptors (Lipinski definition) is 25. The van der Waals surface area contributed by atoms with Crippen LogP contribution < -0.4 is 41.4 Å². The number of ether oxygens (including phenoxy) is 2. The number of carbonyl (C=O) groups excluding carboxylic acids is 1. The Labute approximate surface area is 728 Å². The van der Waals surface area contributed by atoms with Gasteiger partial charge in [0.15, 0.2) is 5.82 Å². The first-order chi connectivity index (χ1) is 61.1. The van der Waals surface area contributed by atoms with Gasteiger partial charge in [0.1, 0.15) is 59.7 Å². The first-order valence-corrected chi connectivity index (χ1v) is 41.8. The average molecular weight is 1730 g/mol. The number of halogens is 4. The summed E-state index contributed by atoms with van der Waals surface area (Å²) in [6.07, 6.45) is 13.8. The third kappa shape index (κ3) is 23.6. The van der Waals surface area contributed by atoms with Crippen molar-refractivity contribution in [2.24, 2.45) is 7.05 Å². The predicted octanol–water partition coefficient (Wildman–Crippen LogP) is 19.8. The quantitative estimate of drug-likeness (QED) is 0.0295. The molecule has 0 aliphatic heterocycles. The Bertz CT molecular complexity index is 6380. The number of carbonyl (C=O) groups is 1. The van der Waals surface area contributed by atoms with E-state index in [0.717, 1.165) is 61.5 Å². The number of fused-ring (bicyclic) bond motifs is 1. The molecule has 35 heteroatoms. The minimum Gasteiger partial charge on any atom is -0.494 e. The molecule has 2 aliphatic carbocycles. The lowest BCUT2D eigenvalue weighted by molar-refractivity contribution is -0.137. The zero-order valence-corrected chi connectivity index (χ0v) is 69.6. The lowest BCUT2D eigenvalue weighted by atomic mass is 9.96. The number of aliphatic hydroxyl groups excluding tert-OH is 1. The SMILES string of the molecule is CCOc1cccc(Nc2ncn(-c3ccc(C#N)cc3)n2)c1.Clc1ccccc1Oc1cc(Nc2ncn(-c3cccs3)n2)cc(C2CC2)c1.Cn1cnc(Nc2ccnc(-c3ccccc3C(F)(F)F)n2)n1.O=C(NC(CO)c1ccccc1)c1cccc(-n2cnc(Nc3ccccc3)n2)c1.c1ccc2sc(-n3cnc(NC4CCCCC4)n3)nc2c1. The highest BCUT2D eigenvalue weighted by atomic mass is 35.5. The van der Waals surface area contributed by atoms with Crippen LogP contribution in [0.25, 0.3) is 43.1 Å². The van der Waals surface area contributed by atoms with Crippen LogP contribution in [-0.4, -0.2) is 119 Å². The molecular weight excluding hydrogens is 1650 g/mol. The Kier molecular flexibility index (Phi) is 27.9. The first-order valence-electron chi connectivity index (χ1n) is 39.8. The number of para-hydroxylation sites is 3. The van der Waals surface area contributed by atoms with E-state index in [2.05, 4.69) is 122 Å². The Hall–Kier alpha value is -15.1. The van der Waals surface area contributed by atoms with E-state index in [0.29, 0.717) is 81.7 Å². The molecule has 7 N–H and O–H groups in total. The number of nitrogens with one attached hydrogen (secondary N) is 6. The maximum absolute atomic E-state index is 13.1. The number of aliphatic hydroxyl groups is 1. The molecule has 9 aromatic carbocycles. The summed E-state index contributed by atoms with van der Waals surface area (Å²) >= 11 is 9.49. The molecule has 17 aromatic rings. The molecule has 2 aliphatic rings. The number of thiophene rings is 1. The summed E-state index contributed by atoms with van der Waals surface area (Å²) in [6.45, 7) is 2.38. The van der Waals surface area contributed by atoms with Crippen LogP contribution >= 0.6 is 34.3 Å². The summed E-state index contributed by atoms with van der Waals surface area (Å²) in [7, 11) is 1.70. The fourth-order valence-corrected chi connectivity index (χ4v) is 14.7. The Morgan fingerprint density at radius 1 is 0.584 bits per heavy atom. The highest BCUT2D eigenvalue weighted by Gasteiger charge is 2.34. The number of aryl methyl sites for hydroxylation is 1. The van der Waals surface area contributed by atoms with Gasteiger partial charge in [-0.15, -0.1) is 36.8 Å². The lowest BCUT2D eigenvalue weighted by Crippen LogP contribution is -2.30. The largest absolute Gasteiger partial charge is 0.494 e. The van der Waals surface area contributed by atoms with Gasteiger partial charge >= 0.3 is 6.18 Å². The Morgan fingerprint density at radius 3 is 1.94 bits per heavy atom. The molecule has 125 heavy (non-hydrogen) atoms. The zero-order valence-electron chi connectivity index (χ0n) is 67.2. The lowest BCUT2D eigenvalue weighted by Gasteiger charge is -2.21. The summed E-state index contributed by atoms with van der Waals surface area (Å²) in [6, 6.07) is 75.5. The van der Waals surface area contributed by atoms with Crippen molar-refractivity contribution in [1.29, 1.82) is 5.26 Å². The van der Waals surface area contributed by atoms with Gasteiger partial charge in [-0.1, -0.05) is 145 Å². The summed E-state index contributed by atoms with van der Waals surface area (Å²) < 4.78 is 60.2. The summed E-state index contributed by atoms with van der Waals surface area (Å²) in [4.78, 5) is 46.6. The molecule has 0 bridgehead atoms. The van der Waals surface area contributed by atoms with E-state index in [4.69, 9.17) is 26.3 Å². The van der Waals surface area contributed by atoms with E-state index in [-0.39, 0.29) is 23.9 Å². The fourth-order valence-electron chi connectivity index (χ4n) is 13.0. The monoisotopic (exact) mass is 1730 g/mol. The van der Waals surface area contributed by atoms with Crippen LogP contribution in [0.3, 0.4) is 0 Å². The zero-order chi connectivity index (χ0) is 86.3. The van der Waals surface area contributed by atoms with Gasteiger partial charge in [-0.2, -0.15) is 38.1 Å². The third-order valence-corrected chi connectivity index (χ3v) is 21.3. The van der Waals surface area contributed by atoms with Gasteiger partial charge in [0.05, 0.1) is 63.1 Å². The standard InChI is InChI=1S/C23H21N5O2.C21H17ClN4OS.C17H15N5O.C15H17N5S.C14H11F3N6/c29-15-21(17-8-3-1-4-9-17)26-22(30)18-10-7-13-20(14-18)28-16-24-23(27-28)25-19-11-5-2-6-12-19;22-18-4-1-2-5-19(18)27-17-11-15(14-7-8-14)10-16(12-17)24-21-23-13-26(25-21)20-6-3-9-28-20;1-2-23-16-5-3-4-14(10-16)20-17-19-12-22(21-17)15-8-6-13(11-18)7-9-15;1-2-6-11(7-3-1)17-14-16-10-20(19-14)15-18-12-8-4-5-9-13(12)21-15;1-23-8-19-13(22-23)21-11-6-7-18-12(20-11)9-4-2-3-5-10(9)14(15,16)17/h1-14,16,21,29H,15H2,(H,25,27)(H,26,30);1-6,9-14H,7-8H2,(H,24,25);3-10,12H,2H2,1H3,(H,20,21);4-5,8-11H,1-3,6-7H2,(H,17,19);2-8H,1H3,(H,18,20,21,22). The molecule has 2 fully saturated rings. The van der Waals surface area contributed by atoms with Crippen molar-refractivity contribution in [3.8, 4) is 56.2 Å². The molecule has 8 aromatic heterocycles. The summed E-state index contributed by atoms with van der Waals surface area (Å²) in [5.41, 5.74) is 7.50. The molecule has 1 amide bonds. The van der Waals surface area contributed by atoms with Crippen LogP contribution in [0.1, 0.15) is 96.4 Å². The van der Waals surface area contributed by atoms with Gasteiger partial charge in [-0.25, -0.2) is 39.0 Å². The molecule has 1 atom stereocenters. The number of hydrogen-bond donors (Lipinski definition) is 7. The van der Waals surface area contributed by atoms with E-state index in [1.165, 1.54) is 96.7 Å². The van der Waals surface area contributed by atoms with Crippen LogP contribution in [0.15, 0.2) is 286 Å². The highest BCUT2D eigenvalue weighted by Crippen LogP contribution is 2.44. The van der Waals surface area contributed by atoms with Crippen molar-refractivity contribution in [2.75, 3.05) is 39.8 Å². The number of rotatable bonds is 24. The first kappa shape index (κ1) is 84.9. The van der Waals surface area contributed by atoms with Crippen LogP contribution in [-0.2, 0) is 13.2 Å². The number of thiazole rings is 1. The number of nitrogens with zero attached hydrogens (tertiary/aromatic N) is 19. The number of amides is 1. The number of nitriles is 1. The molecular formula is C90H81ClF3N25O4S2. The average Bonchev–Trinajstić information content (AvgIpc) is 1.04. The molecule has 29 nitrogen and oxygen atoms in total. The van der Waals surface area contributed by atoms with Crippen LogP contribution in [0.4, 0.5) is 65.8 Å². The molecule has 630 valence electrons. The normalized spacial score (nSPS) is 12.5. The van der Waals surface area contributed by atoms with Crippen LogP contribution in [0, 0.1) is 11.3 Å². The van der Waals surface area contributed by atoms with Crippen molar-refractivity contribution in [1.82, 2.24) is 94.1 Å². The number of alkyl halides is 3. The predicted molar refractivity (Wildman–Crippen MR) is 476 cm³/mol. The van der Waals surface area contributed by atoms with Crippen molar-refractivity contribution < 1.29 is 32.5 Å². The highest BCUT2D eigenvalue weighted by molar-refractivity contribution is 7.20. The Balaban J connectivity index is 0.000000121. The third-order valence-electron chi connectivity index (χ3n) is 19.1. The van der Waals surface area contributed by atoms with Crippen molar-refractivity contribution in [2.45, 2.75) is 76.0 Å². The maximum Gasteiger partial charge on any atom is 0.417 e. The van der Waals surface area contributed by atoms with E-state index >= 15 is 0 Å². The van der Waals surface area contributed by atoms with Gasteiger partial charge < -0.3 is 46.5 Å². The second-order valence-corrected chi connectivity index (χ2v) is 30.6. The Morgan fingerprint density at radius 2 is 1.22 bits per heavy atom. The summed E-state index contributed by atoms with van der Waals surface area (Å²) in [5.74, 6) is 5.27. The minimum absolute atomic E-state index is 0.0288. The number of anilines is 9. The molecule has 2 saturated carbocycles. The van der Waals surface area contributed by atoms with Crippen molar-refractivity contribution >= 4 is 103 Å². The topological polar surface area (TPSA) is 344 Å². The van der Waals surface area contributed by atoms with E-state index in [1.807, 2.05) is 176 Å². The van der Waals surface area contributed by atoms with Crippen LogP contribution in [0.2, 0.25) is 5.02 Å². The van der Waals surface area contributed by atoms with Gasteiger partial charge in [0.2, 0.25) is 34.9 Å². The molecule has 0 spiro atoms. The van der Waals surface area contributed by atoms with Crippen molar-refractivity contribution in [3.05, 3.63) is 319 Å².